The van der Waals surface area contributed by atoms with E-state index in [1.165, 1.54) is 5.56 Å². The Morgan fingerprint density at radius 3 is 2.78 bits per heavy atom. The van der Waals surface area contributed by atoms with Crippen molar-refractivity contribution >= 4 is 0 Å². The third-order valence-corrected chi connectivity index (χ3v) is 3.14. The first-order chi connectivity index (χ1) is 8.79. The molecule has 2 aromatic heterocycles. The van der Waals surface area contributed by atoms with Crippen molar-refractivity contribution in [1.29, 1.82) is 0 Å². The Kier molecular flexibility index (Phi) is 4.47. The molecule has 0 fully saturated rings. The van der Waals surface area contributed by atoms with Gasteiger partial charge in [0.15, 0.2) is 0 Å². The fraction of sp³-hybridized carbons (Fsp3) is 0.429. The Morgan fingerprint density at radius 2 is 2.06 bits per heavy atom. The predicted molar refractivity (Wildman–Crippen MR) is 72.1 cm³/mol. The zero-order valence-electron chi connectivity index (χ0n) is 10.8. The van der Waals surface area contributed by atoms with Crippen molar-refractivity contribution in [1.82, 2.24) is 14.5 Å². The van der Waals surface area contributed by atoms with Gasteiger partial charge < -0.3 is 10.3 Å². The fourth-order valence-electron chi connectivity index (χ4n) is 2.06. The van der Waals surface area contributed by atoms with Gasteiger partial charge >= 0.3 is 0 Å². The molecule has 4 nitrogen and oxygen atoms in total. The fourth-order valence-corrected chi connectivity index (χ4v) is 2.06. The second-order valence-corrected chi connectivity index (χ2v) is 4.49. The molecule has 2 aromatic rings. The van der Waals surface area contributed by atoms with Crippen LogP contribution >= 0.6 is 0 Å². The van der Waals surface area contributed by atoms with E-state index in [1.54, 1.807) is 0 Å². The van der Waals surface area contributed by atoms with Gasteiger partial charge in [0, 0.05) is 43.8 Å². The summed E-state index contributed by atoms with van der Waals surface area (Å²) in [7, 11) is 0. The molecule has 2 rings (SSSR count). The third kappa shape index (κ3) is 3.40. The summed E-state index contributed by atoms with van der Waals surface area (Å²) >= 11 is 0. The molecule has 1 atom stereocenters. The van der Waals surface area contributed by atoms with Gasteiger partial charge in [-0.25, -0.2) is 4.98 Å². The van der Waals surface area contributed by atoms with Gasteiger partial charge in [0.2, 0.25) is 0 Å². The Balaban J connectivity index is 1.84. The molecular formula is C14H20N4. The number of imidazole rings is 1. The molecule has 0 bridgehead atoms. The molecule has 0 saturated heterocycles. The molecule has 0 aliphatic heterocycles. The van der Waals surface area contributed by atoms with Crippen molar-refractivity contribution < 1.29 is 0 Å². The zero-order chi connectivity index (χ0) is 12.8. The third-order valence-electron chi connectivity index (χ3n) is 3.14. The maximum absolute atomic E-state index is 6.17. The number of nitrogens with two attached hydrogens (primary N) is 1. The first-order valence-electron chi connectivity index (χ1n) is 6.44. The summed E-state index contributed by atoms with van der Waals surface area (Å²) in [6.45, 7) is 3.07. The lowest BCUT2D eigenvalue weighted by Gasteiger charge is -2.12. The zero-order valence-corrected chi connectivity index (χ0v) is 10.8. The molecule has 0 aliphatic rings. The van der Waals surface area contributed by atoms with E-state index < -0.39 is 0 Å². The molecule has 4 heteroatoms. The van der Waals surface area contributed by atoms with Crippen LogP contribution in [0.2, 0.25) is 0 Å². The van der Waals surface area contributed by atoms with E-state index in [0.29, 0.717) is 0 Å². The van der Waals surface area contributed by atoms with Gasteiger partial charge in [-0.3, -0.25) is 4.98 Å². The average molecular weight is 244 g/mol. The number of aromatic nitrogens is 3. The minimum Gasteiger partial charge on any atom is -0.335 e. The first kappa shape index (κ1) is 12.8. The molecule has 0 radical (unpaired) electrons. The van der Waals surface area contributed by atoms with Crippen LogP contribution in [-0.4, -0.2) is 20.6 Å². The van der Waals surface area contributed by atoms with Crippen molar-refractivity contribution in [3.8, 4) is 0 Å². The lowest BCUT2D eigenvalue weighted by molar-refractivity contribution is 0.569. The highest BCUT2D eigenvalue weighted by Gasteiger charge is 2.08. The van der Waals surface area contributed by atoms with Gasteiger partial charge in [0.25, 0.3) is 0 Å². The molecule has 0 aromatic carbocycles. The molecule has 0 spiro atoms. The number of hydrogen-bond acceptors (Lipinski definition) is 3. The van der Waals surface area contributed by atoms with Crippen LogP contribution < -0.4 is 5.73 Å². The minimum atomic E-state index is 0.158. The second kappa shape index (κ2) is 6.31. The summed E-state index contributed by atoms with van der Waals surface area (Å²) in [5.74, 6) is 1.08. The highest BCUT2D eigenvalue weighted by atomic mass is 15.1. The van der Waals surface area contributed by atoms with Crippen LogP contribution in [0.1, 0.15) is 24.7 Å². The van der Waals surface area contributed by atoms with Crippen molar-refractivity contribution in [2.45, 2.75) is 38.8 Å². The van der Waals surface area contributed by atoms with Gasteiger partial charge in [-0.2, -0.15) is 0 Å². The Labute approximate surface area is 108 Å². The Bertz CT molecular complexity index is 464. The highest BCUT2D eigenvalue weighted by molar-refractivity contribution is 5.10. The summed E-state index contributed by atoms with van der Waals surface area (Å²) in [6, 6.07) is 4.24. The molecule has 2 N–H and O–H groups in total. The van der Waals surface area contributed by atoms with E-state index in [9.17, 15) is 0 Å². The molecule has 0 saturated carbocycles. The van der Waals surface area contributed by atoms with E-state index in [4.69, 9.17) is 5.73 Å². The molecule has 0 amide bonds. The normalized spacial score (nSPS) is 12.6. The molecular weight excluding hydrogens is 224 g/mol. The SMILES string of the molecule is CCn1ccnc1CC(N)CCc1ccncc1. The minimum absolute atomic E-state index is 0.158. The van der Waals surface area contributed by atoms with Gasteiger partial charge in [-0.1, -0.05) is 0 Å². The first-order valence-corrected chi connectivity index (χ1v) is 6.44. The van der Waals surface area contributed by atoms with Crippen molar-refractivity contribution in [3.05, 3.63) is 48.3 Å². The quantitative estimate of drug-likeness (QED) is 0.843. The summed E-state index contributed by atoms with van der Waals surface area (Å²) in [5.41, 5.74) is 7.46. The van der Waals surface area contributed by atoms with Crippen LogP contribution in [0.3, 0.4) is 0 Å². The highest BCUT2D eigenvalue weighted by Crippen LogP contribution is 2.07. The van der Waals surface area contributed by atoms with E-state index in [1.807, 2.05) is 36.9 Å². The number of hydrogen-bond donors (Lipinski definition) is 1. The van der Waals surface area contributed by atoms with Gasteiger partial charge in [-0.15, -0.1) is 0 Å². The number of aryl methyl sites for hydroxylation is 2. The van der Waals surface area contributed by atoms with Crippen LogP contribution in [0.5, 0.6) is 0 Å². The maximum Gasteiger partial charge on any atom is 0.110 e. The number of rotatable bonds is 6. The molecule has 2 heterocycles. The Morgan fingerprint density at radius 1 is 1.28 bits per heavy atom. The maximum atomic E-state index is 6.17. The summed E-state index contributed by atoms with van der Waals surface area (Å²) in [6.07, 6.45) is 10.3. The van der Waals surface area contributed by atoms with E-state index in [2.05, 4.69) is 21.5 Å². The van der Waals surface area contributed by atoms with Gasteiger partial charge in [-0.05, 0) is 37.5 Å². The lowest BCUT2D eigenvalue weighted by atomic mass is 10.0. The largest absolute Gasteiger partial charge is 0.335 e. The van der Waals surface area contributed by atoms with Crippen LogP contribution in [0, 0.1) is 0 Å². The monoisotopic (exact) mass is 244 g/mol. The van der Waals surface area contributed by atoms with Crippen molar-refractivity contribution in [2.24, 2.45) is 5.73 Å². The average Bonchev–Trinajstić information content (AvgIpc) is 2.85. The van der Waals surface area contributed by atoms with Gasteiger partial charge in [0.05, 0.1) is 0 Å². The van der Waals surface area contributed by atoms with Crippen molar-refractivity contribution in [3.63, 3.8) is 0 Å². The van der Waals surface area contributed by atoms with Crippen molar-refractivity contribution in [2.75, 3.05) is 0 Å². The number of nitrogens with zero attached hydrogens (tertiary/aromatic N) is 3. The molecule has 1 unspecified atom stereocenters. The predicted octanol–water partition coefficient (Wildman–Crippen LogP) is 1.80. The number of pyridine rings is 1. The topological polar surface area (TPSA) is 56.7 Å². The molecule has 0 aliphatic carbocycles. The smallest absolute Gasteiger partial charge is 0.110 e. The van der Waals surface area contributed by atoms with E-state index >= 15 is 0 Å². The van der Waals surface area contributed by atoms with Crippen LogP contribution in [0.15, 0.2) is 36.9 Å². The van der Waals surface area contributed by atoms with Crippen LogP contribution in [0.25, 0.3) is 0 Å². The van der Waals surface area contributed by atoms with E-state index in [0.717, 1.165) is 31.6 Å². The summed E-state index contributed by atoms with van der Waals surface area (Å²) < 4.78 is 2.15. The van der Waals surface area contributed by atoms with Crippen LogP contribution in [0.4, 0.5) is 0 Å². The van der Waals surface area contributed by atoms with Gasteiger partial charge in [0.1, 0.15) is 5.82 Å². The summed E-state index contributed by atoms with van der Waals surface area (Å²) in [4.78, 5) is 8.37. The van der Waals surface area contributed by atoms with Crippen LogP contribution in [-0.2, 0) is 19.4 Å². The molecule has 18 heavy (non-hydrogen) atoms. The summed E-state index contributed by atoms with van der Waals surface area (Å²) in [5, 5.41) is 0. The second-order valence-electron chi connectivity index (χ2n) is 4.49. The lowest BCUT2D eigenvalue weighted by Crippen LogP contribution is -2.25. The molecule has 96 valence electrons. The standard InChI is InChI=1S/C14H20N4/c1-2-18-10-9-17-14(18)11-13(15)4-3-12-5-7-16-8-6-12/h5-10,13H,2-4,11,15H2,1H3. The van der Waals surface area contributed by atoms with E-state index in [-0.39, 0.29) is 6.04 Å². The Hall–Kier alpha value is -1.68.